The zero-order valence-corrected chi connectivity index (χ0v) is 12.3. The van der Waals surface area contributed by atoms with Gasteiger partial charge in [-0.2, -0.15) is 5.10 Å². The summed E-state index contributed by atoms with van der Waals surface area (Å²) in [5.41, 5.74) is 0.325. The smallest absolute Gasteiger partial charge is 0.325 e. The van der Waals surface area contributed by atoms with Crippen molar-refractivity contribution in [3.8, 4) is 0 Å². The molecule has 2 rings (SSSR count). The summed E-state index contributed by atoms with van der Waals surface area (Å²) < 4.78 is 6.65. The maximum atomic E-state index is 12.0. The van der Waals surface area contributed by atoms with Gasteiger partial charge in [0, 0.05) is 6.54 Å². The van der Waals surface area contributed by atoms with Gasteiger partial charge in [0.25, 0.3) is 5.56 Å². The minimum atomic E-state index is -0.364. The summed E-state index contributed by atoms with van der Waals surface area (Å²) in [4.78, 5) is 23.3. The molecule has 1 aliphatic rings. The van der Waals surface area contributed by atoms with Gasteiger partial charge in [-0.3, -0.25) is 9.59 Å². The second kappa shape index (κ2) is 6.18. The van der Waals surface area contributed by atoms with Gasteiger partial charge in [-0.25, -0.2) is 4.68 Å². The summed E-state index contributed by atoms with van der Waals surface area (Å²) in [6.07, 6.45) is 3.87. The third kappa shape index (κ3) is 3.79. The first-order valence-electron chi connectivity index (χ1n) is 6.27. The van der Waals surface area contributed by atoms with E-state index in [1.807, 2.05) is 0 Å². The highest BCUT2D eigenvalue weighted by molar-refractivity contribution is 9.10. The summed E-state index contributed by atoms with van der Waals surface area (Å²) in [5.74, 6) is 0.215. The van der Waals surface area contributed by atoms with Gasteiger partial charge in [0.2, 0.25) is 0 Å². The van der Waals surface area contributed by atoms with Crippen LogP contribution in [0.2, 0.25) is 0 Å². The van der Waals surface area contributed by atoms with Crippen molar-refractivity contribution in [2.75, 3.05) is 18.5 Å². The van der Waals surface area contributed by atoms with Gasteiger partial charge in [-0.1, -0.05) is 0 Å². The molecule has 0 radical (unpaired) electrons. The molecule has 1 aliphatic carbocycles. The minimum absolute atomic E-state index is 0.0141. The molecule has 0 aliphatic heterocycles. The quantitative estimate of drug-likeness (QED) is 0.798. The highest BCUT2D eigenvalue weighted by Crippen LogP contribution is 2.30. The second-order valence-electron chi connectivity index (χ2n) is 4.46. The summed E-state index contributed by atoms with van der Waals surface area (Å²) in [5, 5.41) is 6.94. The van der Waals surface area contributed by atoms with E-state index in [0.717, 1.165) is 12.8 Å². The van der Waals surface area contributed by atoms with Crippen molar-refractivity contribution in [1.82, 2.24) is 9.78 Å². The lowest BCUT2D eigenvalue weighted by atomic mass is 10.4. The number of ether oxygens (including phenoxy) is 1. The number of nitrogens with one attached hydrogen (secondary N) is 1. The van der Waals surface area contributed by atoms with Crippen molar-refractivity contribution in [2.24, 2.45) is 5.92 Å². The minimum Gasteiger partial charge on any atom is -0.465 e. The van der Waals surface area contributed by atoms with Gasteiger partial charge < -0.3 is 10.1 Å². The molecule has 0 spiro atoms. The molecular formula is C12H16BrN3O3. The van der Waals surface area contributed by atoms with Gasteiger partial charge in [-0.05, 0) is 41.6 Å². The third-order valence-corrected chi connectivity index (χ3v) is 3.61. The Balaban J connectivity index is 2.03. The fraction of sp³-hybridized carbons (Fsp3) is 0.583. The van der Waals surface area contributed by atoms with Crippen LogP contribution in [-0.4, -0.2) is 28.9 Å². The molecule has 104 valence electrons. The Labute approximate surface area is 119 Å². The van der Waals surface area contributed by atoms with E-state index in [4.69, 9.17) is 4.74 Å². The molecular weight excluding hydrogens is 314 g/mol. The zero-order chi connectivity index (χ0) is 13.8. The number of carbonyl (C=O) groups is 1. The van der Waals surface area contributed by atoms with Crippen molar-refractivity contribution >= 4 is 27.6 Å². The molecule has 0 atom stereocenters. The van der Waals surface area contributed by atoms with Gasteiger partial charge in [0.1, 0.15) is 11.0 Å². The average molecular weight is 330 g/mol. The van der Waals surface area contributed by atoms with Crippen LogP contribution in [0.15, 0.2) is 15.5 Å². The first kappa shape index (κ1) is 14.0. The first-order chi connectivity index (χ1) is 9.11. The Morgan fingerprint density at radius 2 is 2.37 bits per heavy atom. The summed E-state index contributed by atoms with van der Waals surface area (Å²) in [6.45, 7) is 2.76. The number of hydrogen-bond donors (Lipinski definition) is 1. The number of anilines is 1. The molecule has 1 N–H and O–H groups in total. The van der Waals surface area contributed by atoms with E-state index in [9.17, 15) is 9.59 Å². The van der Waals surface area contributed by atoms with Crippen molar-refractivity contribution in [3.05, 3.63) is 21.0 Å². The van der Waals surface area contributed by atoms with E-state index in [1.54, 1.807) is 13.1 Å². The number of nitrogens with zero attached hydrogens (tertiary/aromatic N) is 2. The Morgan fingerprint density at radius 3 is 3.00 bits per heavy atom. The Hall–Kier alpha value is -1.37. The number of hydrogen-bond acceptors (Lipinski definition) is 5. The molecule has 1 saturated carbocycles. The van der Waals surface area contributed by atoms with Crippen LogP contribution in [0.5, 0.6) is 0 Å². The number of rotatable bonds is 6. The molecule has 6 nitrogen and oxygen atoms in total. The maximum Gasteiger partial charge on any atom is 0.325 e. The predicted octanol–water partition coefficient (Wildman–Crippen LogP) is 1.39. The van der Waals surface area contributed by atoms with E-state index in [0.29, 0.717) is 29.2 Å². The standard InChI is InChI=1S/C12H16BrN3O3/c1-2-19-10(17)6-14-9-5-15-16(7-8-3-4-8)12(18)11(9)13/h5,8,14H,2-4,6-7H2,1H3. The van der Waals surface area contributed by atoms with Crippen LogP contribution < -0.4 is 10.9 Å². The second-order valence-corrected chi connectivity index (χ2v) is 5.25. The van der Waals surface area contributed by atoms with Crippen LogP contribution in [0.25, 0.3) is 0 Å². The lowest BCUT2D eigenvalue weighted by Gasteiger charge is -2.09. The fourth-order valence-electron chi connectivity index (χ4n) is 1.64. The highest BCUT2D eigenvalue weighted by atomic mass is 79.9. The van der Waals surface area contributed by atoms with E-state index in [-0.39, 0.29) is 18.1 Å². The maximum absolute atomic E-state index is 12.0. The van der Waals surface area contributed by atoms with Crippen molar-refractivity contribution in [2.45, 2.75) is 26.3 Å². The van der Waals surface area contributed by atoms with Crippen molar-refractivity contribution < 1.29 is 9.53 Å². The van der Waals surface area contributed by atoms with E-state index in [2.05, 4.69) is 26.3 Å². The van der Waals surface area contributed by atoms with Gasteiger partial charge in [0.05, 0.1) is 18.5 Å². The highest BCUT2D eigenvalue weighted by Gasteiger charge is 2.23. The molecule has 1 aromatic rings. The molecule has 0 bridgehead atoms. The van der Waals surface area contributed by atoms with Gasteiger partial charge in [0.15, 0.2) is 0 Å². The SMILES string of the molecule is CCOC(=O)CNc1cnn(CC2CC2)c(=O)c1Br. The third-order valence-electron chi connectivity index (χ3n) is 2.84. The molecule has 0 aromatic carbocycles. The molecule has 0 amide bonds. The summed E-state index contributed by atoms with van der Waals surface area (Å²) in [7, 11) is 0. The largest absolute Gasteiger partial charge is 0.465 e. The first-order valence-corrected chi connectivity index (χ1v) is 7.06. The van der Waals surface area contributed by atoms with E-state index >= 15 is 0 Å². The van der Waals surface area contributed by atoms with Crippen LogP contribution in [0.4, 0.5) is 5.69 Å². The van der Waals surface area contributed by atoms with Crippen LogP contribution in [0, 0.1) is 5.92 Å². The fourth-order valence-corrected chi connectivity index (χ4v) is 2.09. The van der Waals surface area contributed by atoms with Gasteiger partial charge >= 0.3 is 5.97 Å². The monoisotopic (exact) mass is 329 g/mol. The molecule has 0 saturated heterocycles. The van der Waals surface area contributed by atoms with Gasteiger partial charge in [-0.15, -0.1) is 0 Å². The van der Waals surface area contributed by atoms with Crippen molar-refractivity contribution in [1.29, 1.82) is 0 Å². The van der Waals surface area contributed by atoms with E-state index < -0.39 is 0 Å². The number of carbonyl (C=O) groups excluding carboxylic acids is 1. The summed E-state index contributed by atoms with van der Waals surface area (Å²) in [6, 6.07) is 0. The molecule has 1 heterocycles. The molecule has 1 fully saturated rings. The lowest BCUT2D eigenvalue weighted by molar-refractivity contribution is -0.140. The molecule has 0 unspecified atom stereocenters. The van der Waals surface area contributed by atoms with Crippen LogP contribution >= 0.6 is 15.9 Å². The number of esters is 1. The predicted molar refractivity (Wildman–Crippen MR) is 74.0 cm³/mol. The lowest BCUT2D eigenvalue weighted by Crippen LogP contribution is -2.26. The van der Waals surface area contributed by atoms with Crippen molar-refractivity contribution in [3.63, 3.8) is 0 Å². The topological polar surface area (TPSA) is 73.2 Å². The molecule has 19 heavy (non-hydrogen) atoms. The van der Waals surface area contributed by atoms with Crippen LogP contribution in [0.1, 0.15) is 19.8 Å². The average Bonchev–Trinajstić information content (AvgIpc) is 3.18. The van der Waals surface area contributed by atoms with Crippen LogP contribution in [-0.2, 0) is 16.1 Å². The Morgan fingerprint density at radius 1 is 1.63 bits per heavy atom. The van der Waals surface area contributed by atoms with E-state index in [1.165, 1.54) is 4.68 Å². The van der Waals surface area contributed by atoms with Crippen LogP contribution in [0.3, 0.4) is 0 Å². The number of halogens is 1. The Kier molecular flexibility index (Phi) is 4.57. The summed E-state index contributed by atoms with van der Waals surface area (Å²) >= 11 is 3.24. The zero-order valence-electron chi connectivity index (χ0n) is 10.7. The number of aromatic nitrogens is 2. The normalized spacial score (nSPS) is 14.2. The molecule has 7 heteroatoms. The Bertz CT molecular complexity index is 525. The molecule has 1 aromatic heterocycles.